The summed E-state index contributed by atoms with van der Waals surface area (Å²) in [4.78, 5) is 7.98. The van der Waals surface area contributed by atoms with Crippen molar-refractivity contribution >= 4 is 18.5 Å². The van der Waals surface area contributed by atoms with E-state index in [1.807, 2.05) is 12.3 Å². The molecule has 0 spiro atoms. The molecule has 128 valence electrons. The summed E-state index contributed by atoms with van der Waals surface area (Å²) in [5.74, 6) is 1.41. The molecule has 0 saturated heterocycles. The molecule has 3 rings (SSSR count). The predicted molar refractivity (Wildman–Crippen MR) is 101 cm³/mol. The maximum atomic E-state index is 5.28. The quantitative estimate of drug-likeness (QED) is 0.597. The third kappa shape index (κ3) is 3.65. The number of aromatic nitrogens is 2. The van der Waals surface area contributed by atoms with Gasteiger partial charge in [-0.25, -0.2) is 4.99 Å². The monoisotopic (exact) mass is 334 g/mol. The van der Waals surface area contributed by atoms with Gasteiger partial charge >= 0.3 is 0 Å². The molecule has 2 atom stereocenters. The lowest BCUT2D eigenvalue weighted by molar-refractivity contribution is 0.292. The first-order valence-corrected chi connectivity index (χ1v) is 8.24. The van der Waals surface area contributed by atoms with Gasteiger partial charge in [-0.05, 0) is 49.1 Å². The van der Waals surface area contributed by atoms with Crippen LogP contribution in [0.25, 0.3) is 5.57 Å². The fraction of sp³-hybridized carbons (Fsp3) is 0.300. The van der Waals surface area contributed by atoms with Crippen LogP contribution >= 0.6 is 0 Å². The Morgan fingerprint density at radius 3 is 2.60 bits per heavy atom. The number of allylic oxidation sites excluding steroid dienone is 1. The maximum absolute atomic E-state index is 5.28. The Morgan fingerprint density at radius 1 is 1.24 bits per heavy atom. The van der Waals surface area contributed by atoms with Crippen LogP contribution in [0.15, 0.2) is 52.4 Å². The molecule has 2 unspecified atom stereocenters. The topological polar surface area (TPSA) is 59.7 Å². The van der Waals surface area contributed by atoms with E-state index in [0.717, 1.165) is 6.42 Å². The number of methoxy groups -OCH3 is 1. The molecular weight excluding hydrogens is 312 g/mol. The van der Waals surface area contributed by atoms with Crippen molar-refractivity contribution in [1.29, 1.82) is 0 Å². The van der Waals surface area contributed by atoms with Gasteiger partial charge in [-0.1, -0.05) is 29.8 Å². The molecule has 0 aliphatic heterocycles. The minimum absolute atomic E-state index is 0.392. The number of aryl methyl sites for hydroxylation is 1. The van der Waals surface area contributed by atoms with Crippen LogP contribution in [0.2, 0.25) is 0 Å². The first kappa shape index (κ1) is 17.0. The van der Waals surface area contributed by atoms with E-state index in [4.69, 9.17) is 4.74 Å². The van der Waals surface area contributed by atoms with E-state index in [2.05, 4.69) is 58.1 Å². The molecule has 25 heavy (non-hydrogen) atoms. The summed E-state index contributed by atoms with van der Waals surface area (Å²) in [6, 6.07) is 10.8. The highest BCUT2D eigenvalue weighted by Gasteiger charge is 2.39. The molecule has 1 aliphatic rings. The molecule has 0 radical (unpaired) electrons. The minimum Gasteiger partial charge on any atom is -0.480 e. The van der Waals surface area contributed by atoms with Crippen molar-refractivity contribution in [2.45, 2.75) is 25.2 Å². The highest BCUT2D eigenvalue weighted by molar-refractivity contribution is 6.09. The van der Waals surface area contributed by atoms with Gasteiger partial charge in [0.05, 0.1) is 18.9 Å². The second-order valence-corrected chi connectivity index (χ2v) is 6.20. The lowest BCUT2D eigenvalue weighted by Crippen LogP contribution is -2.00. The van der Waals surface area contributed by atoms with Gasteiger partial charge in [0.2, 0.25) is 5.88 Å². The van der Waals surface area contributed by atoms with Gasteiger partial charge in [-0.15, -0.1) is 0 Å². The molecule has 1 aromatic carbocycles. The van der Waals surface area contributed by atoms with Crippen molar-refractivity contribution in [3.8, 4) is 0 Å². The van der Waals surface area contributed by atoms with Crippen molar-refractivity contribution in [1.82, 2.24) is 10.2 Å². The molecule has 1 aromatic heterocycles. The van der Waals surface area contributed by atoms with Crippen LogP contribution in [0, 0.1) is 6.92 Å². The SMILES string of the molecule is C=N/C(OC)=C(\C=NC)c1cc(C2CC2c2ccc(C)cc2)cnn1. The highest BCUT2D eigenvalue weighted by Crippen LogP contribution is 2.54. The Bertz CT molecular complexity index is 824. The van der Waals surface area contributed by atoms with E-state index in [1.165, 1.54) is 16.7 Å². The summed E-state index contributed by atoms with van der Waals surface area (Å²) in [7, 11) is 3.25. The number of nitrogens with zero attached hydrogens (tertiary/aromatic N) is 4. The second kappa shape index (κ2) is 7.38. The van der Waals surface area contributed by atoms with Crippen LogP contribution in [-0.4, -0.2) is 37.3 Å². The van der Waals surface area contributed by atoms with Gasteiger partial charge in [0.15, 0.2) is 0 Å². The van der Waals surface area contributed by atoms with Gasteiger partial charge in [-0.2, -0.15) is 10.2 Å². The Balaban J connectivity index is 1.89. The fourth-order valence-corrected chi connectivity index (χ4v) is 3.08. The largest absolute Gasteiger partial charge is 0.480 e. The van der Waals surface area contributed by atoms with E-state index >= 15 is 0 Å². The summed E-state index contributed by atoms with van der Waals surface area (Å²) in [6.07, 6.45) is 4.65. The summed E-state index contributed by atoms with van der Waals surface area (Å²) in [5.41, 5.74) is 5.22. The lowest BCUT2D eigenvalue weighted by atomic mass is 10.0. The van der Waals surface area contributed by atoms with Crippen LogP contribution in [0.5, 0.6) is 0 Å². The third-order valence-electron chi connectivity index (χ3n) is 4.50. The van der Waals surface area contributed by atoms with Gasteiger partial charge in [-0.3, -0.25) is 4.99 Å². The van der Waals surface area contributed by atoms with E-state index in [9.17, 15) is 0 Å². The number of hydrogen-bond donors (Lipinski definition) is 0. The number of benzene rings is 1. The van der Waals surface area contributed by atoms with E-state index in [0.29, 0.717) is 29.0 Å². The molecule has 1 saturated carbocycles. The zero-order valence-electron chi connectivity index (χ0n) is 14.8. The number of ether oxygens (including phenoxy) is 1. The first-order chi connectivity index (χ1) is 12.2. The van der Waals surface area contributed by atoms with E-state index < -0.39 is 0 Å². The summed E-state index contributed by atoms with van der Waals surface area (Å²) < 4.78 is 5.28. The van der Waals surface area contributed by atoms with Gasteiger partial charge < -0.3 is 4.74 Å². The maximum Gasteiger partial charge on any atom is 0.223 e. The zero-order chi connectivity index (χ0) is 17.8. The molecule has 0 amide bonds. The van der Waals surface area contributed by atoms with Crippen LogP contribution in [-0.2, 0) is 4.74 Å². The molecule has 1 aliphatic carbocycles. The Morgan fingerprint density at radius 2 is 1.96 bits per heavy atom. The predicted octanol–water partition coefficient (Wildman–Crippen LogP) is 3.77. The van der Waals surface area contributed by atoms with E-state index in [-0.39, 0.29) is 0 Å². The highest BCUT2D eigenvalue weighted by atomic mass is 16.5. The van der Waals surface area contributed by atoms with Crippen LogP contribution in [0.3, 0.4) is 0 Å². The molecule has 5 heteroatoms. The average Bonchev–Trinajstić information content (AvgIpc) is 3.43. The van der Waals surface area contributed by atoms with Crippen LogP contribution in [0.4, 0.5) is 0 Å². The van der Waals surface area contributed by atoms with Crippen molar-refractivity contribution in [3.05, 3.63) is 64.8 Å². The zero-order valence-corrected chi connectivity index (χ0v) is 14.8. The Labute approximate surface area is 148 Å². The summed E-state index contributed by atoms with van der Waals surface area (Å²) in [5, 5.41) is 8.41. The standard InChI is InChI=1S/C20H22N4O/c1-13-5-7-14(8-6-13)16-10-17(16)15-9-19(24-23-11-15)18(12-21-2)20(22-3)25-4/h5-9,11-12,16-17H,3,10H2,1-2,4H3/b20-18-,21-12?. The molecule has 2 aromatic rings. The van der Waals surface area contributed by atoms with Gasteiger partial charge in [0.1, 0.15) is 5.69 Å². The smallest absolute Gasteiger partial charge is 0.223 e. The molecule has 5 nitrogen and oxygen atoms in total. The third-order valence-corrected chi connectivity index (χ3v) is 4.50. The Kier molecular flexibility index (Phi) is 5.03. The summed E-state index contributed by atoms with van der Waals surface area (Å²) >= 11 is 0. The Hall–Kier alpha value is -2.82. The number of aliphatic imine (C=N–C) groups is 2. The molecule has 1 heterocycles. The average molecular weight is 334 g/mol. The van der Waals surface area contributed by atoms with E-state index in [1.54, 1.807) is 20.4 Å². The van der Waals surface area contributed by atoms with Gasteiger partial charge in [0.25, 0.3) is 0 Å². The van der Waals surface area contributed by atoms with Crippen molar-refractivity contribution in [2.24, 2.45) is 9.98 Å². The fourth-order valence-electron chi connectivity index (χ4n) is 3.08. The molecule has 1 fully saturated rings. The van der Waals surface area contributed by atoms with Crippen molar-refractivity contribution in [3.63, 3.8) is 0 Å². The van der Waals surface area contributed by atoms with Crippen LogP contribution in [0.1, 0.15) is 40.6 Å². The van der Waals surface area contributed by atoms with Gasteiger partial charge in [0, 0.05) is 13.3 Å². The lowest BCUT2D eigenvalue weighted by Gasteiger charge is -2.07. The number of rotatable bonds is 6. The second-order valence-electron chi connectivity index (χ2n) is 6.20. The molecular formula is C20H22N4O. The van der Waals surface area contributed by atoms with Crippen molar-refractivity contribution in [2.75, 3.05) is 14.2 Å². The molecule has 0 bridgehead atoms. The van der Waals surface area contributed by atoms with Crippen LogP contribution < -0.4 is 0 Å². The first-order valence-electron chi connectivity index (χ1n) is 8.24. The van der Waals surface area contributed by atoms with Crippen molar-refractivity contribution < 1.29 is 4.74 Å². The minimum atomic E-state index is 0.392. The molecule has 0 N–H and O–H groups in total. The number of hydrogen-bond acceptors (Lipinski definition) is 5. The summed E-state index contributed by atoms with van der Waals surface area (Å²) in [6.45, 7) is 5.65. The normalized spacial score (nSPS) is 20.3.